The van der Waals surface area contributed by atoms with Gasteiger partial charge in [-0.15, -0.1) is 21.5 Å². The number of hydrogen-bond donors (Lipinski definition) is 2. The van der Waals surface area contributed by atoms with E-state index in [-0.39, 0.29) is 11.9 Å². The molecule has 0 spiro atoms. The van der Waals surface area contributed by atoms with Crippen LogP contribution in [0.4, 0.5) is 5.69 Å². The van der Waals surface area contributed by atoms with Gasteiger partial charge < -0.3 is 14.6 Å². The van der Waals surface area contributed by atoms with Crippen LogP contribution in [-0.2, 0) is 4.79 Å². The Morgan fingerprint density at radius 2 is 1.96 bits per heavy atom. The number of nitrogens with one attached hydrogen (secondary N) is 2. The van der Waals surface area contributed by atoms with Gasteiger partial charge in [0.05, 0.1) is 11.9 Å². The third-order valence-electron chi connectivity index (χ3n) is 4.66. The fourth-order valence-corrected chi connectivity index (χ4v) is 3.73. The summed E-state index contributed by atoms with van der Waals surface area (Å²) in [4.78, 5) is 14.5. The van der Waals surface area contributed by atoms with E-state index in [1.165, 1.54) is 5.56 Å². The minimum absolute atomic E-state index is 0.0348. The van der Waals surface area contributed by atoms with Gasteiger partial charge in [-0.05, 0) is 50.3 Å². The molecule has 0 radical (unpaired) electrons. The molecule has 2 aromatic heterocycles. The molecule has 6 nitrogen and oxygen atoms in total. The molecule has 7 heteroatoms. The molecule has 2 atom stereocenters. The molecule has 0 saturated carbocycles. The van der Waals surface area contributed by atoms with E-state index in [4.69, 9.17) is 4.42 Å². The molecular weight excluding hydrogens is 360 g/mol. The minimum atomic E-state index is -0.0860. The van der Waals surface area contributed by atoms with E-state index in [2.05, 4.69) is 34.6 Å². The lowest BCUT2D eigenvalue weighted by Crippen LogP contribution is -3.10. The van der Waals surface area contributed by atoms with Crippen LogP contribution in [0.2, 0.25) is 0 Å². The highest BCUT2D eigenvalue weighted by Gasteiger charge is 2.25. The summed E-state index contributed by atoms with van der Waals surface area (Å²) in [6, 6.07) is 7.96. The van der Waals surface area contributed by atoms with Crippen molar-refractivity contribution in [1.29, 1.82) is 0 Å². The summed E-state index contributed by atoms with van der Waals surface area (Å²) in [5.41, 5.74) is 4.23. The van der Waals surface area contributed by atoms with Crippen molar-refractivity contribution in [1.82, 2.24) is 10.2 Å². The smallest absolute Gasteiger partial charge is 0.279 e. The normalized spacial score (nSPS) is 13.4. The number of likely N-dealkylation sites (N-methyl/N-ethyl adjacent to an activating group) is 1. The van der Waals surface area contributed by atoms with Gasteiger partial charge in [0.2, 0.25) is 0 Å². The van der Waals surface area contributed by atoms with Crippen LogP contribution in [0.3, 0.4) is 0 Å². The van der Waals surface area contributed by atoms with Crippen LogP contribution in [0.5, 0.6) is 0 Å². The standard InChI is InChI=1S/C20H24N4O2S/c1-12-9-13(2)18(14(3)10-12)21-17(25)11-24(5)15(4)19-22-23-20(26-19)16-7-6-8-27-16/h6-10,15H,11H2,1-5H3,(H,21,25)/p+1/t15-/m0/s1. The number of hydrogen-bond acceptors (Lipinski definition) is 5. The molecular formula is C20H25N4O2S+. The number of carbonyl (C=O) groups excluding carboxylic acids is 1. The van der Waals surface area contributed by atoms with Crippen molar-refractivity contribution in [3.63, 3.8) is 0 Å². The first kappa shape index (κ1) is 19.3. The molecule has 1 unspecified atom stereocenters. The molecule has 2 N–H and O–H groups in total. The van der Waals surface area contributed by atoms with Gasteiger partial charge in [0.15, 0.2) is 12.6 Å². The van der Waals surface area contributed by atoms with Crippen LogP contribution in [0.25, 0.3) is 10.8 Å². The Kier molecular flexibility index (Phi) is 5.72. The zero-order valence-corrected chi connectivity index (χ0v) is 17.1. The fraction of sp³-hybridized carbons (Fsp3) is 0.350. The van der Waals surface area contributed by atoms with Crippen molar-refractivity contribution >= 4 is 22.9 Å². The zero-order chi connectivity index (χ0) is 19.6. The molecule has 0 saturated heterocycles. The molecule has 2 heterocycles. The molecule has 1 aromatic carbocycles. The Morgan fingerprint density at radius 1 is 1.26 bits per heavy atom. The number of benzene rings is 1. The molecule has 3 aromatic rings. The first-order valence-electron chi connectivity index (χ1n) is 8.92. The number of rotatable bonds is 6. The number of anilines is 1. The summed E-state index contributed by atoms with van der Waals surface area (Å²) in [6.07, 6.45) is 0. The van der Waals surface area contributed by atoms with Gasteiger partial charge in [-0.1, -0.05) is 23.8 Å². The van der Waals surface area contributed by atoms with Crippen LogP contribution in [-0.4, -0.2) is 29.7 Å². The summed E-state index contributed by atoms with van der Waals surface area (Å²) in [7, 11) is 1.95. The molecule has 0 bridgehead atoms. The van der Waals surface area contributed by atoms with Crippen molar-refractivity contribution in [2.45, 2.75) is 33.7 Å². The highest BCUT2D eigenvalue weighted by atomic mass is 32.1. The Labute approximate surface area is 163 Å². The lowest BCUT2D eigenvalue weighted by atomic mass is 10.1. The van der Waals surface area contributed by atoms with Crippen molar-refractivity contribution < 1.29 is 14.1 Å². The lowest BCUT2D eigenvalue weighted by Gasteiger charge is -2.19. The van der Waals surface area contributed by atoms with E-state index in [0.29, 0.717) is 18.3 Å². The zero-order valence-electron chi connectivity index (χ0n) is 16.3. The number of amides is 1. The van der Waals surface area contributed by atoms with Gasteiger partial charge in [-0.3, -0.25) is 4.79 Å². The average Bonchev–Trinajstić information content (AvgIpc) is 3.28. The quantitative estimate of drug-likeness (QED) is 0.684. The Hall–Kier alpha value is -2.51. The second-order valence-electron chi connectivity index (χ2n) is 6.99. The van der Waals surface area contributed by atoms with Crippen LogP contribution in [0, 0.1) is 20.8 Å². The third-order valence-corrected chi connectivity index (χ3v) is 5.52. The van der Waals surface area contributed by atoms with Gasteiger partial charge in [0.25, 0.3) is 17.7 Å². The molecule has 142 valence electrons. The monoisotopic (exact) mass is 385 g/mol. The van der Waals surface area contributed by atoms with E-state index in [1.807, 2.05) is 45.3 Å². The van der Waals surface area contributed by atoms with Crippen LogP contribution in [0.15, 0.2) is 34.1 Å². The van der Waals surface area contributed by atoms with E-state index < -0.39 is 0 Å². The number of quaternary nitrogens is 1. The Morgan fingerprint density at radius 3 is 2.59 bits per heavy atom. The summed E-state index contributed by atoms with van der Waals surface area (Å²) >= 11 is 1.56. The summed E-state index contributed by atoms with van der Waals surface area (Å²) in [5, 5.41) is 13.3. The predicted octanol–water partition coefficient (Wildman–Crippen LogP) is 2.94. The summed E-state index contributed by atoms with van der Waals surface area (Å²) in [5.74, 6) is 1.02. The maximum absolute atomic E-state index is 12.5. The Balaban J connectivity index is 1.64. The van der Waals surface area contributed by atoms with Crippen LogP contribution < -0.4 is 10.2 Å². The number of carbonyl (C=O) groups is 1. The van der Waals surface area contributed by atoms with Gasteiger partial charge in [0, 0.05) is 5.69 Å². The lowest BCUT2D eigenvalue weighted by molar-refractivity contribution is -0.903. The van der Waals surface area contributed by atoms with Gasteiger partial charge in [-0.25, -0.2) is 0 Å². The maximum Gasteiger partial charge on any atom is 0.279 e. The number of thiophene rings is 1. The molecule has 0 aliphatic rings. The fourth-order valence-electron chi connectivity index (χ4n) is 3.09. The van der Waals surface area contributed by atoms with Gasteiger partial charge in [-0.2, -0.15) is 0 Å². The highest BCUT2D eigenvalue weighted by molar-refractivity contribution is 7.13. The topological polar surface area (TPSA) is 72.5 Å². The predicted molar refractivity (Wildman–Crippen MR) is 107 cm³/mol. The first-order chi connectivity index (χ1) is 12.8. The number of aryl methyl sites for hydroxylation is 3. The number of aromatic nitrogens is 2. The molecule has 0 aliphatic heterocycles. The summed E-state index contributed by atoms with van der Waals surface area (Å²) in [6.45, 7) is 8.38. The van der Waals surface area contributed by atoms with E-state index in [0.717, 1.165) is 26.6 Å². The first-order valence-corrected chi connectivity index (χ1v) is 9.80. The van der Waals surface area contributed by atoms with Gasteiger partial charge >= 0.3 is 0 Å². The van der Waals surface area contributed by atoms with Crippen molar-refractivity contribution in [3.05, 3.63) is 52.2 Å². The second kappa shape index (κ2) is 8.02. The van der Waals surface area contributed by atoms with Crippen molar-refractivity contribution in [2.24, 2.45) is 0 Å². The highest BCUT2D eigenvalue weighted by Crippen LogP contribution is 2.24. The van der Waals surface area contributed by atoms with E-state index >= 15 is 0 Å². The molecule has 27 heavy (non-hydrogen) atoms. The largest absolute Gasteiger partial charge is 0.414 e. The average molecular weight is 386 g/mol. The van der Waals surface area contributed by atoms with Crippen molar-refractivity contribution in [2.75, 3.05) is 18.9 Å². The van der Waals surface area contributed by atoms with E-state index in [9.17, 15) is 4.79 Å². The SMILES string of the molecule is Cc1cc(C)c(NC(=O)C[NH+](C)[C@@H](C)c2nnc(-c3cccs3)o2)c(C)c1. The third kappa shape index (κ3) is 4.43. The van der Waals surface area contributed by atoms with Crippen LogP contribution >= 0.6 is 11.3 Å². The van der Waals surface area contributed by atoms with Crippen LogP contribution in [0.1, 0.15) is 35.5 Å². The maximum atomic E-state index is 12.5. The van der Waals surface area contributed by atoms with Gasteiger partial charge in [0.1, 0.15) is 0 Å². The number of nitrogens with zero attached hydrogens (tertiary/aromatic N) is 2. The van der Waals surface area contributed by atoms with E-state index in [1.54, 1.807) is 11.3 Å². The molecule has 0 aliphatic carbocycles. The summed E-state index contributed by atoms with van der Waals surface area (Å²) < 4.78 is 5.80. The Bertz CT molecular complexity index is 910. The minimum Gasteiger partial charge on any atom is -0.414 e. The molecule has 1 amide bonds. The molecule has 0 fully saturated rings. The molecule has 3 rings (SSSR count). The van der Waals surface area contributed by atoms with Crippen molar-refractivity contribution in [3.8, 4) is 10.8 Å². The second-order valence-corrected chi connectivity index (χ2v) is 7.94.